The molecule has 1 heterocycles. The first kappa shape index (κ1) is 20.2. The lowest BCUT2D eigenvalue weighted by Crippen LogP contribution is -2.25. The predicted octanol–water partition coefficient (Wildman–Crippen LogP) is 3.49. The second-order valence-electron chi connectivity index (χ2n) is 6.60. The van der Waals surface area contributed by atoms with E-state index in [1.807, 2.05) is 48.5 Å². The number of hydrogen-bond donors (Lipinski definition) is 2. The van der Waals surface area contributed by atoms with Gasteiger partial charge in [0, 0.05) is 0 Å². The van der Waals surface area contributed by atoms with Crippen LogP contribution in [0.1, 0.15) is 30.9 Å². The lowest BCUT2D eigenvalue weighted by atomic mass is 9.82. The van der Waals surface area contributed by atoms with Gasteiger partial charge in [0.15, 0.2) is 0 Å². The Morgan fingerprint density at radius 2 is 1.97 bits per heavy atom. The summed E-state index contributed by atoms with van der Waals surface area (Å²) in [5.41, 5.74) is 9.83. The molecular weight excluding hydrogens is 368 g/mol. The monoisotopic (exact) mass is 390 g/mol. The molecule has 1 aliphatic heterocycles. The van der Waals surface area contributed by atoms with Crippen molar-refractivity contribution in [3.05, 3.63) is 82.4 Å². The van der Waals surface area contributed by atoms with Gasteiger partial charge in [-0.2, -0.15) is 5.26 Å². The van der Waals surface area contributed by atoms with Gasteiger partial charge in [-0.25, -0.2) is 4.79 Å². The van der Waals surface area contributed by atoms with Crippen molar-refractivity contribution >= 4 is 5.97 Å². The van der Waals surface area contributed by atoms with E-state index in [4.69, 9.17) is 15.2 Å². The number of carbonyl (C=O) groups excluding carboxylic acids is 1. The van der Waals surface area contributed by atoms with E-state index in [0.29, 0.717) is 5.76 Å². The van der Waals surface area contributed by atoms with E-state index in [2.05, 4.69) is 6.07 Å². The quantitative estimate of drug-likeness (QED) is 0.757. The molecule has 3 rings (SSSR count). The maximum atomic E-state index is 12.6. The molecule has 6 heteroatoms. The molecule has 148 valence electrons. The van der Waals surface area contributed by atoms with Crippen molar-refractivity contribution in [3.8, 4) is 17.2 Å². The average molecular weight is 390 g/mol. The van der Waals surface area contributed by atoms with Gasteiger partial charge in [0.2, 0.25) is 5.88 Å². The van der Waals surface area contributed by atoms with Gasteiger partial charge in [-0.3, -0.25) is 0 Å². The molecule has 0 amide bonds. The summed E-state index contributed by atoms with van der Waals surface area (Å²) < 4.78 is 10.6. The van der Waals surface area contributed by atoms with E-state index < -0.39 is 11.9 Å². The number of hydrogen-bond acceptors (Lipinski definition) is 6. The molecule has 0 aliphatic carbocycles. The van der Waals surface area contributed by atoms with Gasteiger partial charge in [0.1, 0.15) is 17.4 Å². The Balaban J connectivity index is 2.04. The van der Waals surface area contributed by atoms with Gasteiger partial charge >= 0.3 is 5.97 Å². The van der Waals surface area contributed by atoms with Crippen molar-refractivity contribution in [1.82, 2.24) is 0 Å². The van der Waals surface area contributed by atoms with Crippen molar-refractivity contribution in [2.45, 2.75) is 26.4 Å². The zero-order valence-electron chi connectivity index (χ0n) is 16.3. The van der Waals surface area contributed by atoms with Crippen LogP contribution in [-0.2, 0) is 20.9 Å². The van der Waals surface area contributed by atoms with Crippen LogP contribution in [0.15, 0.2) is 71.3 Å². The topological polar surface area (TPSA) is 106 Å². The molecule has 0 spiro atoms. The fraction of sp³-hybridized carbons (Fsp3) is 0.217. The van der Waals surface area contributed by atoms with E-state index in [1.165, 1.54) is 0 Å². The molecule has 2 aromatic carbocycles. The molecule has 0 saturated heterocycles. The summed E-state index contributed by atoms with van der Waals surface area (Å²) in [6.07, 6.45) is 0. The van der Waals surface area contributed by atoms with Crippen LogP contribution in [-0.4, -0.2) is 17.7 Å². The number of nitrogens with two attached hydrogens (primary N) is 1. The summed E-state index contributed by atoms with van der Waals surface area (Å²) in [4.78, 5) is 12.6. The third kappa shape index (κ3) is 4.00. The summed E-state index contributed by atoms with van der Waals surface area (Å²) >= 11 is 0. The van der Waals surface area contributed by atoms with Crippen LogP contribution in [0.5, 0.6) is 0 Å². The minimum absolute atomic E-state index is 0.0113. The maximum absolute atomic E-state index is 12.6. The van der Waals surface area contributed by atoms with Crippen LogP contribution < -0.4 is 5.73 Å². The Labute approximate surface area is 169 Å². The van der Waals surface area contributed by atoms with Crippen molar-refractivity contribution in [3.63, 3.8) is 0 Å². The van der Waals surface area contributed by atoms with E-state index in [9.17, 15) is 15.2 Å². The summed E-state index contributed by atoms with van der Waals surface area (Å²) in [6.45, 7) is 3.53. The molecule has 6 nitrogen and oxygen atoms in total. The first-order valence-corrected chi connectivity index (χ1v) is 9.25. The number of nitriles is 1. The molecule has 29 heavy (non-hydrogen) atoms. The lowest BCUT2D eigenvalue weighted by Gasteiger charge is -2.27. The smallest absolute Gasteiger partial charge is 0.338 e. The van der Waals surface area contributed by atoms with Crippen LogP contribution in [0.25, 0.3) is 11.1 Å². The fourth-order valence-electron chi connectivity index (χ4n) is 3.41. The molecule has 2 aromatic rings. The zero-order valence-corrected chi connectivity index (χ0v) is 16.3. The molecule has 0 fully saturated rings. The Bertz CT molecular complexity index is 1030. The first-order chi connectivity index (χ1) is 14.0. The van der Waals surface area contributed by atoms with Crippen molar-refractivity contribution in [1.29, 1.82) is 5.26 Å². The highest BCUT2D eigenvalue weighted by Gasteiger charge is 2.36. The maximum Gasteiger partial charge on any atom is 0.338 e. The van der Waals surface area contributed by atoms with E-state index >= 15 is 0 Å². The largest absolute Gasteiger partial charge is 0.463 e. The number of aliphatic hydroxyl groups is 1. The number of nitrogens with zero attached hydrogens (tertiary/aromatic N) is 1. The van der Waals surface area contributed by atoms with Crippen molar-refractivity contribution in [2.75, 3.05) is 6.61 Å². The fourth-order valence-corrected chi connectivity index (χ4v) is 3.41. The third-order valence-corrected chi connectivity index (χ3v) is 4.79. The molecule has 0 aromatic heterocycles. The van der Waals surface area contributed by atoms with Crippen LogP contribution in [0.2, 0.25) is 0 Å². The number of carbonyl (C=O) groups is 1. The minimum atomic E-state index is -0.661. The van der Waals surface area contributed by atoms with E-state index in [0.717, 1.165) is 22.3 Å². The number of benzene rings is 2. The van der Waals surface area contributed by atoms with E-state index in [-0.39, 0.29) is 30.2 Å². The zero-order chi connectivity index (χ0) is 21.0. The Morgan fingerprint density at radius 1 is 1.24 bits per heavy atom. The number of ether oxygens (including phenoxy) is 2. The third-order valence-electron chi connectivity index (χ3n) is 4.79. The highest BCUT2D eigenvalue weighted by atomic mass is 16.5. The van der Waals surface area contributed by atoms with Crippen LogP contribution >= 0.6 is 0 Å². The second kappa shape index (κ2) is 8.63. The minimum Gasteiger partial charge on any atom is -0.463 e. The van der Waals surface area contributed by atoms with Crippen molar-refractivity contribution < 1.29 is 19.4 Å². The van der Waals surface area contributed by atoms with Gasteiger partial charge < -0.3 is 20.3 Å². The second-order valence-corrected chi connectivity index (χ2v) is 6.60. The highest BCUT2D eigenvalue weighted by Crippen LogP contribution is 2.40. The normalized spacial score (nSPS) is 16.3. The summed E-state index contributed by atoms with van der Waals surface area (Å²) in [5.74, 6) is -0.881. The Kier molecular flexibility index (Phi) is 6.01. The molecule has 1 atom stereocenters. The molecule has 3 N–H and O–H groups in total. The van der Waals surface area contributed by atoms with Gasteiger partial charge in [0.05, 0.1) is 24.7 Å². The van der Waals surface area contributed by atoms with Crippen molar-refractivity contribution in [2.24, 2.45) is 5.73 Å². The molecule has 0 radical (unpaired) electrons. The molecule has 0 saturated carbocycles. The molecule has 1 unspecified atom stereocenters. The standard InChI is InChI=1S/C23H22N2O4/c1-3-28-23(27)20-14(2)29-22(25)19(12-24)21(20)17-9-7-16(8-10-17)18-6-4-5-15(11-18)13-26/h4-11,21,26H,3,13,25H2,1-2H3. The number of allylic oxidation sites excluding steroid dienone is 2. The lowest BCUT2D eigenvalue weighted by molar-refractivity contribution is -0.139. The molecular formula is C23H22N2O4. The summed E-state index contributed by atoms with van der Waals surface area (Å²) in [6, 6.07) is 17.2. The SMILES string of the molecule is CCOC(=O)C1=C(C)OC(N)=C(C#N)C1c1ccc(-c2cccc(CO)c2)cc1. The van der Waals surface area contributed by atoms with Crippen LogP contribution in [0.3, 0.4) is 0 Å². The van der Waals surface area contributed by atoms with Gasteiger partial charge in [-0.05, 0) is 42.2 Å². The van der Waals surface area contributed by atoms with Gasteiger partial charge in [-0.1, -0.05) is 42.5 Å². The predicted molar refractivity (Wildman–Crippen MR) is 108 cm³/mol. The number of aliphatic hydroxyl groups excluding tert-OH is 1. The van der Waals surface area contributed by atoms with Gasteiger partial charge in [-0.15, -0.1) is 0 Å². The van der Waals surface area contributed by atoms with Crippen LogP contribution in [0.4, 0.5) is 0 Å². The molecule has 1 aliphatic rings. The number of rotatable bonds is 5. The molecule has 0 bridgehead atoms. The Morgan fingerprint density at radius 3 is 2.59 bits per heavy atom. The van der Waals surface area contributed by atoms with Gasteiger partial charge in [0.25, 0.3) is 0 Å². The van der Waals surface area contributed by atoms with Crippen LogP contribution in [0, 0.1) is 11.3 Å². The Hall–Kier alpha value is -3.56. The summed E-state index contributed by atoms with van der Waals surface area (Å²) in [5, 5.41) is 19.0. The summed E-state index contributed by atoms with van der Waals surface area (Å²) in [7, 11) is 0. The average Bonchev–Trinajstić information content (AvgIpc) is 2.73. The number of esters is 1. The van der Waals surface area contributed by atoms with E-state index in [1.54, 1.807) is 13.8 Å². The first-order valence-electron chi connectivity index (χ1n) is 9.25. The highest BCUT2D eigenvalue weighted by molar-refractivity contribution is 5.92.